The Balaban J connectivity index is 1.98. The maximum absolute atomic E-state index is 13.9. The zero-order chi connectivity index (χ0) is 20.8. The third-order valence-corrected chi connectivity index (χ3v) is 5.88. The molecule has 0 radical (unpaired) electrons. The van der Waals surface area contributed by atoms with Crippen molar-refractivity contribution >= 4 is 21.8 Å². The highest BCUT2D eigenvalue weighted by Gasteiger charge is 2.25. The Kier molecular flexibility index (Phi) is 4.38. The molecule has 2 aromatic carbocycles. The van der Waals surface area contributed by atoms with Crippen molar-refractivity contribution in [3.05, 3.63) is 75.3 Å². The Morgan fingerprint density at radius 1 is 1.07 bits per heavy atom. The molecular formula is C23H20FN3O3. The molecule has 152 valence electrons. The van der Waals surface area contributed by atoms with E-state index in [2.05, 4.69) is 4.98 Å². The van der Waals surface area contributed by atoms with Gasteiger partial charge in [0.05, 0.1) is 23.7 Å². The summed E-state index contributed by atoms with van der Waals surface area (Å²) in [6.45, 7) is 0. The van der Waals surface area contributed by atoms with Crippen LogP contribution in [0.3, 0.4) is 0 Å². The lowest BCUT2D eigenvalue weighted by molar-refractivity contribution is 0.419. The summed E-state index contributed by atoms with van der Waals surface area (Å²) in [6, 6.07) is 11.0. The first kappa shape index (κ1) is 18.5. The van der Waals surface area contributed by atoms with Crippen LogP contribution in [0.2, 0.25) is 0 Å². The number of ether oxygens (including phenoxy) is 1. The molecule has 0 amide bonds. The van der Waals surface area contributed by atoms with Crippen LogP contribution in [0.15, 0.2) is 58.3 Å². The molecule has 0 aliphatic heterocycles. The molecular weight excluding hydrogens is 385 g/mol. The molecule has 7 heteroatoms. The van der Waals surface area contributed by atoms with E-state index in [1.165, 1.54) is 24.4 Å². The number of hydrogen-bond donors (Lipinski definition) is 0. The molecule has 1 fully saturated rings. The van der Waals surface area contributed by atoms with Gasteiger partial charge in [0.1, 0.15) is 17.1 Å². The quantitative estimate of drug-likeness (QED) is 0.484. The Morgan fingerprint density at radius 2 is 1.83 bits per heavy atom. The molecule has 1 aliphatic rings. The molecule has 0 N–H and O–H groups in total. The summed E-state index contributed by atoms with van der Waals surface area (Å²) in [7, 11) is 1.56. The first-order valence-corrected chi connectivity index (χ1v) is 9.99. The van der Waals surface area contributed by atoms with Crippen LogP contribution >= 0.6 is 0 Å². The second-order valence-corrected chi connectivity index (χ2v) is 7.59. The first-order chi connectivity index (χ1) is 14.6. The van der Waals surface area contributed by atoms with Crippen molar-refractivity contribution in [1.82, 2.24) is 14.1 Å². The van der Waals surface area contributed by atoms with Gasteiger partial charge in [-0.1, -0.05) is 31.0 Å². The van der Waals surface area contributed by atoms with E-state index in [0.29, 0.717) is 27.6 Å². The zero-order valence-electron chi connectivity index (χ0n) is 16.5. The molecule has 1 saturated carbocycles. The van der Waals surface area contributed by atoms with Crippen molar-refractivity contribution in [2.75, 3.05) is 7.11 Å². The van der Waals surface area contributed by atoms with Crippen LogP contribution in [0, 0.1) is 5.82 Å². The second-order valence-electron chi connectivity index (χ2n) is 7.59. The van der Waals surface area contributed by atoms with Crippen molar-refractivity contribution in [2.24, 2.45) is 0 Å². The van der Waals surface area contributed by atoms with E-state index >= 15 is 0 Å². The highest BCUT2D eigenvalue weighted by Crippen LogP contribution is 2.34. The minimum Gasteiger partial charge on any atom is -0.494 e. The summed E-state index contributed by atoms with van der Waals surface area (Å²) in [5.74, 6) is 0.0711. The number of aromatic nitrogens is 3. The lowest BCUT2D eigenvalue weighted by Crippen LogP contribution is -2.40. The maximum Gasteiger partial charge on any atom is 0.336 e. The standard InChI is InChI=1S/C23H20FN3O3/c1-30-19-11-5-10-17-20(19)25-13-18-21(17)26(15-7-2-3-8-15)23(29)27(22(18)28)16-9-4-6-14(24)12-16/h4-6,9-13,15H,2-3,7-8H2,1H3. The monoisotopic (exact) mass is 405 g/mol. The molecule has 0 unspecified atom stereocenters. The highest BCUT2D eigenvalue weighted by atomic mass is 19.1. The van der Waals surface area contributed by atoms with Gasteiger partial charge in [0, 0.05) is 17.6 Å². The van der Waals surface area contributed by atoms with Crippen LogP contribution in [-0.4, -0.2) is 21.2 Å². The lowest BCUT2D eigenvalue weighted by Gasteiger charge is -2.20. The summed E-state index contributed by atoms with van der Waals surface area (Å²) in [5.41, 5.74) is 0.409. The van der Waals surface area contributed by atoms with Crippen molar-refractivity contribution in [1.29, 1.82) is 0 Å². The van der Waals surface area contributed by atoms with Crippen LogP contribution in [0.25, 0.3) is 27.5 Å². The molecule has 2 heterocycles. The third-order valence-electron chi connectivity index (χ3n) is 5.88. The molecule has 0 spiro atoms. The number of pyridine rings is 1. The van der Waals surface area contributed by atoms with Crippen LogP contribution < -0.4 is 16.0 Å². The van der Waals surface area contributed by atoms with Crippen molar-refractivity contribution in [3.63, 3.8) is 0 Å². The Morgan fingerprint density at radius 3 is 2.57 bits per heavy atom. The largest absolute Gasteiger partial charge is 0.494 e. The fourth-order valence-electron chi connectivity index (χ4n) is 4.52. The number of methoxy groups -OCH3 is 1. The Labute approximate surface area is 171 Å². The molecule has 6 nitrogen and oxygen atoms in total. The van der Waals surface area contributed by atoms with Crippen LogP contribution in [-0.2, 0) is 0 Å². The number of hydrogen-bond acceptors (Lipinski definition) is 4. The minimum atomic E-state index is -0.507. The van der Waals surface area contributed by atoms with Gasteiger partial charge in [-0.2, -0.15) is 0 Å². The number of halogens is 1. The highest BCUT2D eigenvalue weighted by molar-refractivity contribution is 6.05. The number of benzene rings is 2. The van der Waals surface area contributed by atoms with Crippen LogP contribution in [0.5, 0.6) is 5.75 Å². The topological polar surface area (TPSA) is 66.1 Å². The van der Waals surface area contributed by atoms with E-state index in [4.69, 9.17) is 4.74 Å². The number of rotatable bonds is 3. The summed E-state index contributed by atoms with van der Waals surface area (Å²) in [5, 5.41) is 1.02. The van der Waals surface area contributed by atoms with Crippen LogP contribution in [0.1, 0.15) is 31.7 Å². The Hall–Kier alpha value is -3.48. The molecule has 0 bridgehead atoms. The van der Waals surface area contributed by atoms with Crippen molar-refractivity contribution < 1.29 is 9.13 Å². The summed E-state index contributed by atoms with van der Waals surface area (Å²) in [4.78, 5) is 31.5. The normalized spacial score (nSPS) is 14.6. The maximum atomic E-state index is 13.9. The van der Waals surface area contributed by atoms with Gasteiger partial charge in [0.25, 0.3) is 5.56 Å². The predicted molar refractivity (Wildman–Crippen MR) is 113 cm³/mol. The van der Waals surface area contributed by atoms with Gasteiger partial charge in [-0.05, 0) is 37.1 Å². The van der Waals surface area contributed by atoms with Gasteiger partial charge in [-0.15, -0.1) is 0 Å². The second kappa shape index (κ2) is 7.09. The predicted octanol–water partition coefficient (Wildman–Crippen LogP) is 3.96. The zero-order valence-corrected chi connectivity index (χ0v) is 16.5. The Bertz CT molecular complexity index is 1400. The van der Waals surface area contributed by atoms with E-state index in [1.54, 1.807) is 23.8 Å². The first-order valence-electron chi connectivity index (χ1n) is 9.99. The van der Waals surface area contributed by atoms with Crippen molar-refractivity contribution in [2.45, 2.75) is 31.7 Å². The fourth-order valence-corrected chi connectivity index (χ4v) is 4.52. The average Bonchev–Trinajstić information content (AvgIpc) is 3.27. The van der Waals surface area contributed by atoms with Gasteiger partial charge in [-0.25, -0.2) is 13.8 Å². The van der Waals surface area contributed by atoms with E-state index < -0.39 is 17.1 Å². The molecule has 30 heavy (non-hydrogen) atoms. The smallest absolute Gasteiger partial charge is 0.336 e. The molecule has 0 saturated heterocycles. The SMILES string of the molecule is COc1cccc2c1ncc1c(=O)n(-c3cccc(F)c3)c(=O)n(C3CCCC3)c12. The van der Waals surface area contributed by atoms with Gasteiger partial charge in [0.15, 0.2) is 0 Å². The number of fused-ring (bicyclic) bond motifs is 3. The molecule has 1 aliphatic carbocycles. The average molecular weight is 405 g/mol. The van der Waals surface area contributed by atoms with Gasteiger partial charge < -0.3 is 4.74 Å². The molecule has 0 atom stereocenters. The van der Waals surface area contributed by atoms with E-state index in [0.717, 1.165) is 30.3 Å². The molecule has 2 aromatic heterocycles. The summed E-state index contributed by atoms with van der Waals surface area (Å²) >= 11 is 0. The minimum absolute atomic E-state index is 0.0304. The van der Waals surface area contributed by atoms with Gasteiger partial charge >= 0.3 is 5.69 Å². The summed E-state index contributed by atoms with van der Waals surface area (Å²) < 4.78 is 22.1. The summed E-state index contributed by atoms with van der Waals surface area (Å²) in [6.07, 6.45) is 5.23. The van der Waals surface area contributed by atoms with E-state index in [1.807, 2.05) is 12.1 Å². The third kappa shape index (κ3) is 2.73. The van der Waals surface area contributed by atoms with Gasteiger partial charge in [0.2, 0.25) is 0 Å². The van der Waals surface area contributed by atoms with E-state index in [9.17, 15) is 14.0 Å². The molecule has 4 aromatic rings. The molecule has 5 rings (SSSR count). The van der Waals surface area contributed by atoms with Gasteiger partial charge in [-0.3, -0.25) is 14.3 Å². The van der Waals surface area contributed by atoms with E-state index in [-0.39, 0.29) is 11.7 Å². The fraction of sp³-hybridized carbons (Fsp3) is 0.261. The van der Waals surface area contributed by atoms with Crippen molar-refractivity contribution in [3.8, 4) is 11.4 Å². The lowest BCUT2D eigenvalue weighted by atomic mass is 10.1. The number of nitrogens with zero attached hydrogens (tertiary/aromatic N) is 3. The number of para-hydroxylation sites is 1. The van der Waals surface area contributed by atoms with Crippen LogP contribution in [0.4, 0.5) is 4.39 Å².